The molecule has 0 spiro atoms. The molecule has 8 heteroatoms. The molecule has 1 amide bonds. The zero-order valence-electron chi connectivity index (χ0n) is 12.2. The second-order valence-corrected chi connectivity index (χ2v) is 4.69. The summed E-state index contributed by atoms with van der Waals surface area (Å²) in [5.41, 5.74) is -0.0768. The molecule has 0 unspecified atom stereocenters. The lowest BCUT2D eigenvalue weighted by molar-refractivity contribution is -0.143. The van der Waals surface area contributed by atoms with Crippen molar-refractivity contribution in [1.82, 2.24) is 9.78 Å². The van der Waals surface area contributed by atoms with E-state index < -0.39 is 17.8 Å². The van der Waals surface area contributed by atoms with Crippen molar-refractivity contribution >= 4 is 11.6 Å². The molecular formula is C14H14F3N3O2. The molecule has 0 saturated heterocycles. The zero-order valence-corrected chi connectivity index (χ0v) is 12.2. The van der Waals surface area contributed by atoms with Crippen molar-refractivity contribution in [2.24, 2.45) is 7.05 Å². The van der Waals surface area contributed by atoms with E-state index >= 15 is 0 Å². The molecule has 0 aliphatic carbocycles. The predicted octanol–water partition coefficient (Wildman–Crippen LogP) is 3.01. The first-order chi connectivity index (χ1) is 10.2. The van der Waals surface area contributed by atoms with Crippen LogP contribution < -0.4 is 10.1 Å². The first-order valence-electron chi connectivity index (χ1n) is 6.29. The number of aryl methyl sites for hydroxylation is 2. The minimum Gasteiger partial charge on any atom is -0.495 e. The number of aromatic nitrogens is 2. The van der Waals surface area contributed by atoms with Crippen molar-refractivity contribution in [3.05, 3.63) is 41.2 Å². The van der Waals surface area contributed by atoms with Crippen LogP contribution in [0.25, 0.3) is 0 Å². The third-order valence-corrected chi connectivity index (χ3v) is 3.01. The molecule has 1 aromatic heterocycles. The van der Waals surface area contributed by atoms with E-state index in [2.05, 4.69) is 10.4 Å². The summed E-state index contributed by atoms with van der Waals surface area (Å²) in [4.78, 5) is 12.1. The van der Waals surface area contributed by atoms with Crippen LogP contribution in [0.15, 0.2) is 24.3 Å². The first kappa shape index (κ1) is 15.9. The molecule has 5 nitrogen and oxygen atoms in total. The number of anilines is 1. The van der Waals surface area contributed by atoms with E-state index in [1.54, 1.807) is 18.2 Å². The lowest BCUT2D eigenvalue weighted by Crippen LogP contribution is -2.14. The van der Waals surface area contributed by atoms with Crippen LogP contribution in [-0.2, 0) is 13.2 Å². The van der Waals surface area contributed by atoms with Gasteiger partial charge in [-0.15, -0.1) is 0 Å². The van der Waals surface area contributed by atoms with E-state index in [1.807, 2.05) is 6.92 Å². The lowest BCUT2D eigenvalue weighted by atomic mass is 10.2. The molecule has 0 aliphatic heterocycles. The summed E-state index contributed by atoms with van der Waals surface area (Å²) in [6.45, 7) is 1.82. The second-order valence-electron chi connectivity index (χ2n) is 4.69. The van der Waals surface area contributed by atoms with Crippen molar-refractivity contribution in [2.75, 3.05) is 12.4 Å². The largest absolute Gasteiger partial charge is 0.495 e. The number of alkyl halides is 3. The van der Waals surface area contributed by atoms with Gasteiger partial charge < -0.3 is 10.1 Å². The number of nitrogens with zero attached hydrogens (tertiary/aromatic N) is 2. The Morgan fingerprint density at radius 3 is 2.55 bits per heavy atom. The second kappa shape index (κ2) is 5.70. The maximum absolute atomic E-state index is 12.7. The van der Waals surface area contributed by atoms with Crippen LogP contribution in [0, 0.1) is 6.92 Å². The molecular weight excluding hydrogens is 299 g/mol. The molecule has 2 rings (SSSR count). The predicted molar refractivity (Wildman–Crippen MR) is 73.9 cm³/mol. The van der Waals surface area contributed by atoms with Crippen LogP contribution in [0.5, 0.6) is 5.75 Å². The number of carbonyl (C=O) groups excluding carboxylic acids is 1. The van der Waals surface area contributed by atoms with Gasteiger partial charge in [0.25, 0.3) is 5.91 Å². The topological polar surface area (TPSA) is 56.1 Å². The van der Waals surface area contributed by atoms with Crippen molar-refractivity contribution in [3.63, 3.8) is 0 Å². The van der Waals surface area contributed by atoms with Crippen LogP contribution in [-0.4, -0.2) is 22.8 Å². The van der Waals surface area contributed by atoms with Gasteiger partial charge in [0.2, 0.25) is 0 Å². The maximum Gasteiger partial charge on any atom is 0.433 e. The number of hydrogen-bond donors (Lipinski definition) is 1. The number of carbonyl (C=O) groups is 1. The number of amides is 1. The average Bonchev–Trinajstić information content (AvgIpc) is 2.81. The molecule has 0 bridgehead atoms. The summed E-state index contributed by atoms with van der Waals surface area (Å²) >= 11 is 0. The molecule has 1 aromatic carbocycles. The zero-order chi connectivity index (χ0) is 16.5. The monoisotopic (exact) mass is 313 g/mol. The van der Waals surface area contributed by atoms with Crippen LogP contribution in [0.4, 0.5) is 18.9 Å². The molecule has 0 radical (unpaired) electrons. The number of methoxy groups -OCH3 is 1. The Bertz CT molecular complexity index is 708. The van der Waals surface area contributed by atoms with Gasteiger partial charge in [-0.3, -0.25) is 9.48 Å². The lowest BCUT2D eigenvalue weighted by Gasteiger charge is -2.09. The molecule has 0 fully saturated rings. The van der Waals surface area contributed by atoms with Crippen molar-refractivity contribution in [3.8, 4) is 5.75 Å². The van der Waals surface area contributed by atoms with E-state index in [-0.39, 0.29) is 5.69 Å². The van der Waals surface area contributed by atoms with E-state index in [9.17, 15) is 18.0 Å². The Balaban J connectivity index is 2.29. The number of hydrogen-bond acceptors (Lipinski definition) is 3. The Kier molecular flexibility index (Phi) is 4.11. The summed E-state index contributed by atoms with van der Waals surface area (Å²) in [5, 5.41) is 6.10. The minimum absolute atomic E-state index is 0.321. The van der Waals surface area contributed by atoms with E-state index in [4.69, 9.17) is 4.74 Å². The van der Waals surface area contributed by atoms with Gasteiger partial charge >= 0.3 is 6.18 Å². The van der Waals surface area contributed by atoms with Crippen molar-refractivity contribution in [2.45, 2.75) is 13.1 Å². The number of rotatable bonds is 3. The van der Waals surface area contributed by atoms with Gasteiger partial charge in [-0.2, -0.15) is 18.3 Å². The average molecular weight is 313 g/mol. The van der Waals surface area contributed by atoms with Crippen LogP contribution in [0.1, 0.15) is 21.7 Å². The van der Waals surface area contributed by atoms with Crippen LogP contribution in [0.3, 0.4) is 0 Å². The van der Waals surface area contributed by atoms with Gasteiger partial charge in [0.05, 0.1) is 12.8 Å². The van der Waals surface area contributed by atoms with Gasteiger partial charge in [0, 0.05) is 13.1 Å². The highest BCUT2D eigenvalue weighted by Crippen LogP contribution is 2.30. The van der Waals surface area contributed by atoms with Crippen LogP contribution >= 0.6 is 0 Å². The Labute approximate surface area is 124 Å². The van der Waals surface area contributed by atoms with Gasteiger partial charge in [-0.1, -0.05) is 6.07 Å². The summed E-state index contributed by atoms with van der Waals surface area (Å²) in [5.74, 6) is -0.332. The number of ether oxygens (including phenoxy) is 1. The molecule has 2 aromatic rings. The number of nitrogens with one attached hydrogen (secondary N) is 1. The maximum atomic E-state index is 12.7. The number of halogens is 3. The first-order valence-corrected chi connectivity index (χ1v) is 6.29. The van der Waals surface area contributed by atoms with Crippen molar-refractivity contribution < 1.29 is 22.7 Å². The quantitative estimate of drug-likeness (QED) is 0.947. The molecule has 0 saturated carbocycles. The van der Waals surface area contributed by atoms with Gasteiger partial charge in [-0.25, -0.2) is 0 Å². The standard InChI is InChI=1S/C14H14F3N3O2/c1-8-4-5-11(22-3)9(6-8)18-13(21)10-7-12(14(15,16)17)20(2)19-10/h4-7H,1-3H3,(H,18,21). The molecule has 0 atom stereocenters. The minimum atomic E-state index is -4.57. The Morgan fingerprint density at radius 2 is 2.00 bits per heavy atom. The number of benzene rings is 1. The Hall–Kier alpha value is -2.51. The third-order valence-electron chi connectivity index (χ3n) is 3.01. The normalized spacial score (nSPS) is 11.4. The van der Waals surface area contributed by atoms with E-state index in [0.29, 0.717) is 22.2 Å². The summed E-state index contributed by atoms with van der Waals surface area (Å²) < 4.78 is 43.9. The highest BCUT2D eigenvalue weighted by atomic mass is 19.4. The fraction of sp³-hybridized carbons (Fsp3) is 0.286. The van der Waals surface area contributed by atoms with E-state index in [0.717, 1.165) is 12.6 Å². The highest BCUT2D eigenvalue weighted by Gasteiger charge is 2.35. The van der Waals surface area contributed by atoms with Gasteiger partial charge in [-0.05, 0) is 24.6 Å². The molecule has 0 aliphatic rings. The van der Waals surface area contributed by atoms with Crippen LogP contribution in [0.2, 0.25) is 0 Å². The van der Waals surface area contributed by atoms with Crippen molar-refractivity contribution in [1.29, 1.82) is 0 Å². The molecule has 118 valence electrons. The van der Waals surface area contributed by atoms with E-state index in [1.165, 1.54) is 7.11 Å². The van der Waals surface area contributed by atoms with Gasteiger partial charge in [0.15, 0.2) is 5.69 Å². The fourth-order valence-corrected chi connectivity index (χ4v) is 1.95. The summed E-state index contributed by atoms with van der Waals surface area (Å²) in [7, 11) is 2.57. The molecule has 1 heterocycles. The summed E-state index contributed by atoms with van der Waals surface area (Å²) in [6, 6.07) is 5.81. The third kappa shape index (κ3) is 3.21. The Morgan fingerprint density at radius 1 is 1.32 bits per heavy atom. The highest BCUT2D eigenvalue weighted by molar-refractivity contribution is 6.03. The summed E-state index contributed by atoms with van der Waals surface area (Å²) in [6.07, 6.45) is -4.57. The SMILES string of the molecule is COc1ccc(C)cc1NC(=O)c1cc(C(F)(F)F)n(C)n1. The molecule has 22 heavy (non-hydrogen) atoms. The smallest absolute Gasteiger partial charge is 0.433 e. The fourth-order valence-electron chi connectivity index (χ4n) is 1.95. The van der Waals surface area contributed by atoms with Gasteiger partial charge in [0.1, 0.15) is 11.4 Å². The molecule has 1 N–H and O–H groups in total.